The molecule has 0 aliphatic heterocycles. The van der Waals surface area contributed by atoms with Gasteiger partial charge in [-0.05, 0) is 44.9 Å². The van der Waals surface area contributed by atoms with Crippen LogP contribution in [0.15, 0.2) is 28.9 Å². The van der Waals surface area contributed by atoms with Crippen molar-refractivity contribution in [3.05, 3.63) is 47.2 Å². The molecule has 1 aliphatic rings. The Balaban J connectivity index is 1.66. The largest absolute Gasteiger partial charge is 0.469 e. The van der Waals surface area contributed by atoms with Crippen LogP contribution in [0.4, 0.5) is 0 Å². The molecular weight excluding hydrogens is 288 g/mol. The van der Waals surface area contributed by atoms with E-state index in [-0.39, 0.29) is 5.91 Å². The number of furan rings is 1. The molecule has 0 saturated heterocycles. The van der Waals surface area contributed by atoms with E-state index in [4.69, 9.17) is 4.42 Å². The Hall–Kier alpha value is -1.97. The smallest absolute Gasteiger partial charge is 0.253 e. The fourth-order valence-corrected chi connectivity index (χ4v) is 3.76. The van der Waals surface area contributed by atoms with Crippen LogP contribution in [0.25, 0.3) is 0 Å². The van der Waals surface area contributed by atoms with Crippen LogP contribution in [0.2, 0.25) is 0 Å². The molecule has 23 heavy (non-hydrogen) atoms. The first-order valence-corrected chi connectivity index (χ1v) is 8.66. The van der Waals surface area contributed by atoms with E-state index in [9.17, 15) is 4.79 Å². The third-order valence-corrected chi connectivity index (χ3v) is 4.91. The zero-order valence-corrected chi connectivity index (χ0v) is 14.1. The number of aromatic nitrogens is 1. The SMILES string of the molecule is Cc1cc(C(=O)NCCc2ccco2)c(C)n1C1CCCCC1. The maximum absolute atomic E-state index is 12.5. The third-order valence-electron chi connectivity index (χ3n) is 4.91. The van der Waals surface area contributed by atoms with Gasteiger partial charge in [0.15, 0.2) is 0 Å². The molecule has 0 radical (unpaired) electrons. The predicted molar refractivity (Wildman–Crippen MR) is 90.8 cm³/mol. The number of carbonyl (C=O) groups excluding carboxylic acids is 1. The van der Waals surface area contributed by atoms with Crippen LogP contribution in [-0.4, -0.2) is 17.0 Å². The van der Waals surface area contributed by atoms with Gasteiger partial charge < -0.3 is 14.3 Å². The van der Waals surface area contributed by atoms with E-state index in [0.29, 0.717) is 12.6 Å². The number of hydrogen-bond donors (Lipinski definition) is 1. The Kier molecular flexibility index (Phi) is 4.89. The van der Waals surface area contributed by atoms with Crippen molar-refractivity contribution in [2.75, 3.05) is 6.54 Å². The molecule has 1 N–H and O–H groups in total. The predicted octanol–water partition coefficient (Wildman–Crippen LogP) is 4.18. The molecule has 3 rings (SSSR count). The fraction of sp³-hybridized carbons (Fsp3) is 0.526. The molecule has 2 aromatic heterocycles. The number of nitrogens with one attached hydrogen (secondary N) is 1. The topological polar surface area (TPSA) is 47.2 Å². The van der Waals surface area contributed by atoms with E-state index < -0.39 is 0 Å². The van der Waals surface area contributed by atoms with Crippen molar-refractivity contribution in [3.8, 4) is 0 Å². The van der Waals surface area contributed by atoms with Gasteiger partial charge in [-0.2, -0.15) is 0 Å². The average molecular weight is 314 g/mol. The van der Waals surface area contributed by atoms with Gasteiger partial charge >= 0.3 is 0 Å². The summed E-state index contributed by atoms with van der Waals surface area (Å²) in [7, 11) is 0. The number of aryl methyl sites for hydroxylation is 1. The van der Waals surface area contributed by atoms with Gasteiger partial charge in [0.25, 0.3) is 5.91 Å². The lowest BCUT2D eigenvalue weighted by molar-refractivity contribution is 0.0953. The highest BCUT2D eigenvalue weighted by Gasteiger charge is 2.22. The number of amides is 1. The van der Waals surface area contributed by atoms with Crippen molar-refractivity contribution in [1.29, 1.82) is 0 Å². The molecule has 0 aromatic carbocycles. The molecule has 2 heterocycles. The Bertz CT molecular complexity index is 649. The van der Waals surface area contributed by atoms with E-state index in [1.807, 2.05) is 18.2 Å². The summed E-state index contributed by atoms with van der Waals surface area (Å²) in [4.78, 5) is 12.5. The first-order chi connectivity index (χ1) is 11.2. The van der Waals surface area contributed by atoms with Crippen LogP contribution in [0.5, 0.6) is 0 Å². The molecule has 0 spiro atoms. The summed E-state index contributed by atoms with van der Waals surface area (Å²) in [5.74, 6) is 0.921. The van der Waals surface area contributed by atoms with Gasteiger partial charge in [0, 0.05) is 30.4 Å². The number of carbonyl (C=O) groups is 1. The van der Waals surface area contributed by atoms with Crippen molar-refractivity contribution < 1.29 is 9.21 Å². The first-order valence-electron chi connectivity index (χ1n) is 8.66. The van der Waals surface area contributed by atoms with Gasteiger partial charge in [0.05, 0.1) is 11.8 Å². The van der Waals surface area contributed by atoms with Gasteiger partial charge in [-0.1, -0.05) is 19.3 Å². The molecular formula is C19H26N2O2. The minimum atomic E-state index is 0.0201. The summed E-state index contributed by atoms with van der Waals surface area (Å²) in [6.45, 7) is 4.78. The molecule has 1 amide bonds. The summed E-state index contributed by atoms with van der Waals surface area (Å²) in [6.07, 6.45) is 8.79. The molecule has 4 heteroatoms. The summed E-state index contributed by atoms with van der Waals surface area (Å²) >= 11 is 0. The zero-order chi connectivity index (χ0) is 16.2. The van der Waals surface area contributed by atoms with Gasteiger partial charge in [-0.25, -0.2) is 0 Å². The Morgan fingerprint density at radius 3 is 2.78 bits per heavy atom. The monoisotopic (exact) mass is 314 g/mol. The van der Waals surface area contributed by atoms with E-state index in [1.165, 1.54) is 37.8 Å². The van der Waals surface area contributed by atoms with Crippen LogP contribution in [0.3, 0.4) is 0 Å². The molecule has 0 bridgehead atoms. The summed E-state index contributed by atoms with van der Waals surface area (Å²) < 4.78 is 7.67. The molecule has 4 nitrogen and oxygen atoms in total. The zero-order valence-electron chi connectivity index (χ0n) is 14.1. The quantitative estimate of drug-likeness (QED) is 0.900. The number of nitrogens with zero attached hydrogens (tertiary/aromatic N) is 1. The van der Waals surface area contributed by atoms with Crippen LogP contribution in [0, 0.1) is 13.8 Å². The van der Waals surface area contributed by atoms with Crippen molar-refractivity contribution in [2.24, 2.45) is 0 Å². The van der Waals surface area contributed by atoms with Gasteiger partial charge in [-0.15, -0.1) is 0 Å². The summed E-state index contributed by atoms with van der Waals surface area (Å²) in [5, 5.41) is 3.01. The Morgan fingerprint density at radius 1 is 1.30 bits per heavy atom. The molecule has 1 fully saturated rings. The van der Waals surface area contributed by atoms with Crippen LogP contribution in [0.1, 0.15) is 65.7 Å². The van der Waals surface area contributed by atoms with Crippen LogP contribution >= 0.6 is 0 Å². The van der Waals surface area contributed by atoms with E-state index >= 15 is 0 Å². The van der Waals surface area contributed by atoms with Crippen molar-refractivity contribution in [1.82, 2.24) is 9.88 Å². The average Bonchev–Trinajstić information content (AvgIpc) is 3.16. The minimum absolute atomic E-state index is 0.0201. The lowest BCUT2D eigenvalue weighted by atomic mass is 9.95. The molecule has 124 valence electrons. The maximum Gasteiger partial charge on any atom is 0.253 e. The van der Waals surface area contributed by atoms with Gasteiger partial charge in [0.2, 0.25) is 0 Å². The summed E-state index contributed by atoms with van der Waals surface area (Å²) in [6, 6.07) is 6.40. The standard InChI is InChI=1S/C19H26N2O2/c1-14-13-18(15(2)21(14)16-7-4-3-5-8-16)19(22)20-11-10-17-9-6-12-23-17/h6,9,12-13,16H,3-5,7-8,10-11H2,1-2H3,(H,20,22). The summed E-state index contributed by atoms with van der Waals surface area (Å²) in [5.41, 5.74) is 3.11. The second-order valence-electron chi connectivity index (χ2n) is 6.53. The minimum Gasteiger partial charge on any atom is -0.469 e. The van der Waals surface area contributed by atoms with Crippen molar-refractivity contribution >= 4 is 5.91 Å². The third kappa shape index (κ3) is 3.52. The molecule has 1 saturated carbocycles. The molecule has 0 unspecified atom stereocenters. The second kappa shape index (κ2) is 7.07. The fourth-order valence-electron chi connectivity index (χ4n) is 3.76. The lowest BCUT2D eigenvalue weighted by Gasteiger charge is -2.26. The van der Waals surface area contributed by atoms with Crippen molar-refractivity contribution in [3.63, 3.8) is 0 Å². The van der Waals surface area contributed by atoms with Gasteiger partial charge in [0.1, 0.15) is 5.76 Å². The van der Waals surface area contributed by atoms with Crippen LogP contribution in [-0.2, 0) is 6.42 Å². The van der Waals surface area contributed by atoms with E-state index in [0.717, 1.165) is 23.4 Å². The highest BCUT2D eigenvalue weighted by atomic mass is 16.3. The normalized spacial score (nSPS) is 15.7. The highest BCUT2D eigenvalue weighted by Crippen LogP contribution is 2.32. The molecule has 0 atom stereocenters. The first kappa shape index (κ1) is 15.9. The van der Waals surface area contributed by atoms with E-state index in [1.54, 1.807) is 6.26 Å². The lowest BCUT2D eigenvalue weighted by Crippen LogP contribution is -2.26. The number of hydrogen-bond acceptors (Lipinski definition) is 2. The number of rotatable bonds is 5. The highest BCUT2D eigenvalue weighted by molar-refractivity contribution is 5.95. The van der Waals surface area contributed by atoms with Crippen molar-refractivity contribution in [2.45, 2.75) is 58.4 Å². The van der Waals surface area contributed by atoms with Crippen LogP contribution < -0.4 is 5.32 Å². The van der Waals surface area contributed by atoms with Gasteiger partial charge in [-0.3, -0.25) is 4.79 Å². The maximum atomic E-state index is 12.5. The molecule has 2 aromatic rings. The second-order valence-corrected chi connectivity index (χ2v) is 6.53. The van der Waals surface area contributed by atoms with E-state index in [2.05, 4.69) is 23.7 Å². The Labute approximate surface area is 137 Å². The molecule has 1 aliphatic carbocycles. The Morgan fingerprint density at radius 2 is 2.09 bits per heavy atom.